The lowest BCUT2D eigenvalue weighted by atomic mass is 10.1. The third-order valence-corrected chi connectivity index (χ3v) is 4.13. The summed E-state index contributed by atoms with van der Waals surface area (Å²) >= 11 is 0. The van der Waals surface area contributed by atoms with Crippen molar-refractivity contribution in [3.63, 3.8) is 0 Å². The quantitative estimate of drug-likeness (QED) is 0.776. The molecule has 1 saturated carbocycles. The van der Waals surface area contributed by atoms with Gasteiger partial charge in [-0.1, -0.05) is 25.0 Å². The van der Waals surface area contributed by atoms with E-state index in [0.717, 1.165) is 18.2 Å². The smallest absolute Gasteiger partial charge is 0.0991 e. The molecule has 3 rings (SSSR count). The lowest BCUT2D eigenvalue weighted by Gasteiger charge is -2.15. The van der Waals surface area contributed by atoms with Gasteiger partial charge in [0.25, 0.3) is 0 Å². The number of rotatable bonds is 7. The van der Waals surface area contributed by atoms with Gasteiger partial charge in [-0.05, 0) is 49.9 Å². The minimum Gasteiger partial charge on any atom is -0.310 e. The molecule has 3 heteroatoms. The fraction of sp³-hybridized carbons (Fsp3) is 0.471. The SMILES string of the molecule is CC(NCCCC1CC1)c1ccc(-n2ccnc2)cc1. The summed E-state index contributed by atoms with van der Waals surface area (Å²) in [6.07, 6.45) is 11.2. The zero-order valence-corrected chi connectivity index (χ0v) is 12.1. The monoisotopic (exact) mass is 269 g/mol. The van der Waals surface area contributed by atoms with Gasteiger partial charge in [0.15, 0.2) is 0 Å². The number of aromatic nitrogens is 2. The Labute approximate surface area is 121 Å². The van der Waals surface area contributed by atoms with Gasteiger partial charge < -0.3 is 9.88 Å². The first-order valence-corrected chi connectivity index (χ1v) is 7.64. The van der Waals surface area contributed by atoms with Gasteiger partial charge in [-0.3, -0.25) is 0 Å². The molecule has 1 fully saturated rings. The Hall–Kier alpha value is -1.61. The molecule has 1 aliphatic rings. The van der Waals surface area contributed by atoms with Crippen molar-refractivity contribution in [2.24, 2.45) is 5.92 Å². The molecule has 106 valence electrons. The molecule has 2 aromatic rings. The van der Waals surface area contributed by atoms with Crippen molar-refractivity contribution in [1.82, 2.24) is 14.9 Å². The van der Waals surface area contributed by atoms with Crippen LogP contribution in [0.3, 0.4) is 0 Å². The van der Waals surface area contributed by atoms with E-state index in [-0.39, 0.29) is 0 Å². The number of hydrogen-bond donors (Lipinski definition) is 1. The van der Waals surface area contributed by atoms with E-state index in [9.17, 15) is 0 Å². The molecular weight excluding hydrogens is 246 g/mol. The van der Waals surface area contributed by atoms with Gasteiger partial charge in [0.1, 0.15) is 0 Å². The molecule has 1 N–H and O–H groups in total. The molecule has 20 heavy (non-hydrogen) atoms. The average Bonchev–Trinajstić information content (AvgIpc) is 3.14. The zero-order valence-electron chi connectivity index (χ0n) is 12.1. The van der Waals surface area contributed by atoms with Crippen LogP contribution in [0.4, 0.5) is 0 Å². The fourth-order valence-electron chi connectivity index (χ4n) is 2.58. The Balaban J connectivity index is 1.50. The van der Waals surface area contributed by atoms with Crippen molar-refractivity contribution in [3.8, 4) is 5.69 Å². The second-order valence-electron chi connectivity index (χ2n) is 5.82. The van der Waals surface area contributed by atoms with E-state index in [1.807, 2.05) is 17.1 Å². The molecule has 0 bridgehead atoms. The van der Waals surface area contributed by atoms with Crippen LogP contribution in [0.25, 0.3) is 5.69 Å². The molecule has 1 unspecified atom stereocenters. The van der Waals surface area contributed by atoms with Crippen molar-refractivity contribution in [2.75, 3.05) is 6.54 Å². The van der Waals surface area contributed by atoms with Crippen molar-refractivity contribution in [2.45, 2.75) is 38.6 Å². The molecule has 0 spiro atoms. The van der Waals surface area contributed by atoms with Gasteiger partial charge in [-0.15, -0.1) is 0 Å². The molecule has 0 amide bonds. The predicted molar refractivity (Wildman–Crippen MR) is 81.9 cm³/mol. The third kappa shape index (κ3) is 3.48. The topological polar surface area (TPSA) is 29.9 Å². The summed E-state index contributed by atoms with van der Waals surface area (Å²) in [6.45, 7) is 3.37. The Morgan fingerprint density at radius 1 is 1.30 bits per heavy atom. The summed E-state index contributed by atoms with van der Waals surface area (Å²) < 4.78 is 2.03. The highest BCUT2D eigenvalue weighted by Gasteiger charge is 2.20. The number of benzene rings is 1. The Morgan fingerprint density at radius 3 is 2.75 bits per heavy atom. The van der Waals surface area contributed by atoms with Crippen LogP contribution in [0.15, 0.2) is 43.0 Å². The average molecular weight is 269 g/mol. The Kier molecular flexibility index (Phi) is 4.16. The van der Waals surface area contributed by atoms with Crippen LogP contribution in [0.1, 0.15) is 44.2 Å². The van der Waals surface area contributed by atoms with E-state index >= 15 is 0 Å². The summed E-state index contributed by atoms with van der Waals surface area (Å²) in [5.74, 6) is 1.04. The number of imidazole rings is 1. The first kappa shape index (κ1) is 13.4. The largest absolute Gasteiger partial charge is 0.310 e. The Morgan fingerprint density at radius 2 is 2.10 bits per heavy atom. The van der Waals surface area contributed by atoms with E-state index in [1.165, 1.54) is 31.2 Å². The molecule has 1 aromatic carbocycles. The summed E-state index contributed by atoms with van der Waals surface area (Å²) in [5, 5.41) is 3.62. The molecule has 1 aliphatic carbocycles. The van der Waals surface area contributed by atoms with Gasteiger partial charge in [0.2, 0.25) is 0 Å². The van der Waals surface area contributed by atoms with Crippen LogP contribution >= 0.6 is 0 Å². The molecule has 1 atom stereocenters. The maximum Gasteiger partial charge on any atom is 0.0991 e. The molecule has 1 aromatic heterocycles. The first-order chi connectivity index (χ1) is 9.83. The maximum atomic E-state index is 4.08. The lowest BCUT2D eigenvalue weighted by molar-refractivity contribution is 0.533. The second-order valence-corrected chi connectivity index (χ2v) is 5.82. The van der Waals surface area contributed by atoms with E-state index in [2.05, 4.69) is 41.5 Å². The van der Waals surface area contributed by atoms with E-state index < -0.39 is 0 Å². The minimum absolute atomic E-state index is 0.422. The minimum atomic E-state index is 0.422. The molecule has 0 radical (unpaired) electrons. The molecular formula is C17H23N3. The highest BCUT2D eigenvalue weighted by molar-refractivity contribution is 5.35. The van der Waals surface area contributed by atoms with E-state index in [0.29, 0.717) is 6.04 Å². The van der Waals surface area contributed by atoms with Crippen molar-refractivity contribution < 1.29 is 0 Å². The third-order valence-electron chi connectivity index (χ3n) is 4.13. The summed E-state index contributed by atoms with van der Waals surface area (Å²) in [7, 11) is 0. The van der Waals surface area contributed by atoms with Gasteiger partial charge in [0, 0.05) is 24.1 Å². The predicted octanol–water partition coefficient (Wildman–Crippen LogP) is 3.71. The number of hydrogen-bond acceptors (Lipinski definition) is 2. The first-order valence-electron chi connectivity index (χ1n) is 7.64. The standard InChI is InChI=1S/C17H23N3/c1-14(19-10-2-3-15-4-5-15)16-6-8-17(9-7-16)20-12-11-18-13-20/h6-9,11-15,19H,2-5,10H2,1H3. The van der Waals surface area contributed by atoms with Crippen molar-refractivity contribution in [1.29, 1.82) is 0 Å². The number of nitrogens with one attached hydrogen (secondary N) is 1. The molecule has 1 heterocycles. The van der Waals surface area contributed by atoms with Gasteiger partial charge in [-0.25, -0.2) is 4.98 Å². The number of nitrogens with zero attached hydrogens (tertiary/aromatic N) is 2. The normalized spacial score (nSPS) is 16.2. The fourth-order valence-corrected chi connectivity index (χ4v) is 2.58. The van der Waals surface area contributed by atoms with Gasteiger partial charge in [-0.2, -0.15) is 0 Å². The van der Waals surface area contributed by atoms with Crippen LogP contribution in [-0.4, -0.2) is 16.1 Å². The summed E-state index contributed by atoms with van der Waals surface area (Å²) in [4.78, 5) is 4.08. The molecule has 0 aliphatic heterocycles. The maximum absolute atomic E-state index is 4.08. The van der Waals surface area contributed by atoms with Crippen LogP contribution in [0, 0.1) is 5.92 Å². The molecule has 0 saturated heterocycles. The van der Waals surface area contributed by atoms with Gasteiger partial charge >= 0.3 is 0 Å². The van der Waals surface area contributed by atoms with Crippen LogP contribution in [0.2, 0.25) is 0 Å². The van der Waals surface area contributed by atoms with Crippen LogP contribution in [-0.2, 0) is 0 Å². The van der Waals surface area contributed by atoms with Crippen LogP contribution < -0.4 is 5.32 Å². The van der Waals surface area contributed by atoms with Gasteiger partial charge in [0.05, 0.1) is 6.33 Å². The molecule has 3 nitrogen and oxygen atoms in total. The second kappa shape index (κ2) is 6.23. The van der Waals surface area contributed by atoms with E-state index in [4.69, 9.17) is 0 Å². The Bertz CT molecular complexity index is 512. The highest BCUT2D eigenvalue weighted by Crippen LogP contribution is 2.33. The van der Waals surface area contributed by atoms with Crippen molar-refractivity contribution in [3.05, 3.63) is 48.5 Å². The summed E-state index contributed by atoms with van der Waals surface area (Å²) in [5.41, 5.74) is 2.51. The van der Waals surface area contributed by atoms with Crippen LogP contribution in [0.5, 0.6) is 0 Å². The highest BCUT2D eigenvalue weighted by atomic mass is 15.0. The van der Waals surface area contributed by atoms with E-state index in [1.54, 1.807) is 6.20 Å². The zero-order chi connectivity index (χ0) is 13.8. The lowest BCUT2D eigenvalue weighted by Crippen LogP contribution is -2.19. The summed E-state index contributed by atoms with van der Waals surface area (Å²) in [6, 6.07) is 9.13. The van der Waals surface area contributed by atoms with Crippen molar-refractivity contribution >= 4 is 0 Å².